The van der Waals surface area contributed by atoms with Crippen molar-refractivity contribution in [3.63, 3.8) is 0 Å². The first-order valence-corrected chi connectivity index (χ1v) is 11.9. The highest BCUT2D eigenvalue weighted by Crippen LogP contribution is 2.39. The van der Waals surface area contributed by atoms with Crippen LogP contribution in [-0.4, -0.2) is 42.3 Å². The lowest BCUT2D eigenvalue weighted by Gasteiger charge is -2.14. The van der Waals surface area contributed by atoms with Crippen molar-refractivity contribution >= 4 is 50.9 Å². The Bertz CT molecular complexity index is 1140. The lowest BCUT2D eigenvalue weighted by Crippen LogP contribution is -2.34. The number of hydrogen-bond donors (Lipinski definition) is 0. The lowest BCUT2D eigenvalue weighted by molar-refractivity contribution is -0.147. The fourth-order valence-corrected chi connectivity index (χ4v) is 4.38. The van der Waals surface area contributed by atoms with Crippen LogP contribution in [0, 0.1) is 11.7 Å². The zero-order chi connectivity index (χ0) is 24.8. The number of esters is 1. The van der Waals surface area contributed by atoms with E-state index < -0.39 is 23.7 Å². The van der Waals surface area contributed by atoms with E-state index in [-0.39, 0.29) is 29.9 Å². The van der Waals surface area contributed by atoms with Crippen molar-refractivity contribution in [2.75, 3.05) is 20.3 Å². The Morgan fingerprint density at radius 1 is 1.24 bits per heavy atom. The summed E-state index contributed by atoms with van der Waals surface area (Å²) in [5.74, 6) is -0.629. The molecule has 0 N–H and O–H groups in total. The summed E-state index contributed by atoms with van der Waals surface area (Å²) in [6, 6.07) is 9.42. The van der Waals surface area contributed by atoms with Gasteiger partial charge < -0.3 is 14.2 Å². The predicted molar refractivity (Wildman–Crippen MR) is 130 cm³/mol. The molecule has 3 rings (SSSR count). The number of carbonyl (C=O) groups excluding carboxylic acids is 3. The third-order valence-corrected chi connectivity index (χ3v) is 6.06. The molecule has 34 heavy (non-hydrogen) atoms. The molecule has 0 saturated carbocycles. The Balaban J connectivity index is 1.75. The van der Waals surface area contributed by atoms with Gasteiger partial charge in [-0.2, -0.15) is 0 Å². The first-order chi connectivity index (χ1) is 16.2. The minimum absolute atomic E-state index is 0.123. The minimum Gasteiger partial charge on any atom is -0.493 e. The molecule has 180 valence electrons. The number of methoxy groups -OCH3 is 1. The van der Waals surface area contributed by atoms with Crippen LogP contribution < -0.4 is 9.47 Å². The second kappa shape index (κ2) is 11.5. The number of carbonyl (C=O) groups is 3. The first-order valence-electron chi connectivity index (χ1n) is 10.3. The van der Waals surface area contributed by atoms with Crippen LogP contribution in [0.2, 0.25) is 0 Å². The maximum Gasteiger partial charge on any atom is 0.326 e. The van der Waals surface area contributed by atoms with E-state index in [1.165, 1.54) is 25.3 Å². The van der Waals surface area contributed by atoms with Crippen molar-refractivity contribution in [2.24, 2.45) is 5.92 Å². The summed E-state index contributed by atoms with van der Waals surface area (Å²) in [6.45, 7) is 3.68. The molecule has 1 heterocycles. The molecule has 0 atom stereocenters. The molecule has 0 radical (unpaired) electrons. The van der Waals surface area contributed by atoms with Crippen LogP contribution in [0.25, 0.3) is 6.08 Å². The van der Waals surface area contributed by atoms with E-state index in [0.29, 0.717) is 27.1 Å². The Labute approximate surface area is 209 Å². The minimum atomic E-state index is -0.638. The Morgan fingerprint density at radius 2 is 2.00 bits per heavy atom. The van der Waals surface area contributed by atoms with Gasteiger partial charge in [0.05, 0.1) is 23.1 Å². The fourth-order valence-electron chi connectivity index (χ4n) is 2.97. The maximum atomic E-state index is 13.4. The van der Waals surface area contributed by atoms with Crippen LogP contribution >= 0.6 is 27.7 Å². The Kier molecular flexibility index (Phi) is 8.73. The number of imide groups is 1. The summed E-state index contributed by atoms with van der Waals surface area (Å²) in [6.07, 6.45) is 1.54. The second-order valence-corrected chi connectivity index (χ2v) is 9.64. The van der Waals surface area contributed by atoms with Gasteiger partial charge in [-0.25, -0.2) is 4.39 Å². The highest BCUT2D eigenvalue weighted by atomic mass is 79.9. The Morgan fingerprint density at radius 3 is 2.68 bits per heavy atom. The number of nitrogens with zero attached hydrogens (tertiary/aromatic N) is 1. The van der Waals surface area contributed by atoms with Gasteiger partial charge in [0.25, 0.3) is 11.1 Å². The van der Waals surface area contributed by atoms with Gasteiger partial charge in [0.2, 0.25) is 0 Å². The van der Waals surface area contributed by atoms with E-state index in [9.17, 15) is 18.8 Å². The summed E-state index contributed by atoms with van der Waals surface area (Å²) in [4.78, 5) is 38.0. The van der Waals surface area contributed by atoms with Gasteiger partial charge in [0.15, 0.2) is 11.5 Å². The zero-order valence-electron chi connectivity index (χ0n) is 18.8. The smallest absolute Gasteiger partial charge is 0.326 e. The molecule has 2 aromatic carbocycles. The van der Waals surface area contributed by atoms with Crippen molar-refractivity contribution in [3.05, 3.63) is 62.7 Å². The SMILES string of the molecule is COc1cc(/C=C2/SC(=O)N(CC(=O)OCC(C)C)C2=O)cc(Br)c1OCc1cccc(F)c1. The molecule has 1 fully saturated rings. The summed E-state index contributed by atoms with van der Waals surface area (Å²) >= 11 is 4.18. The highest BCUT2D eigenvalue weighted by Gasteiger charge is 2.36. The molecular formula is C24H23BrFNO6S. The molecule has 0 aliphatic carbocycles. The van der Waals surface area contributed by atoms with E-state index in [1.54, 1.807) is 24.3 Å². The topological polar surface area (TPSA) is 82.1 Å². The van der Waals surface area contributed by atoms with Gasteiger partial charge in [-0.3, -0.25) is 19.3 Å². The van der Waals surface area contributed by atoms with Gasteiger partial charge in [-0.15, -0.1) is 0 Å². The molecule has 7 nitrogen and oxygen atoms in total. The predicted octanol–water partition coefficient (Wildman–Crippen LogP) is 5.41. The summed E-state index contributed by atoms with van der Waals surface area (Å²) in [7, 11) is 1.47. The number of hydrogen-bond acceptors (Lipinski definition) is 7. The number of amides is 2. The number of ether oxygens (including phenoxy) is 3. The summed E-state index contributed by atoms with van der Waals surface area (Å²) in [5.41, 5.74) is 1.23. The lowest BCUT2D eigenvalue weighted by atomic mass is 10.1. The van der Waals surface area contributed by atoms with Crippen LogP contribution in [-0.2, 0) is 20.9 Å². The fraction of sp³-hybridized carbons (Fsp3) is 0.292. The van der Waals surface area contributed by atoms with Crippen LogP contribution in [0.5, 0.6) is 11.5 Å². The quantitative estimate of drug-likeness (QED) is 0.304. The molecule has 10 heteroatoms. The van der Waals surface area contributed by atoms with Crippen molar-refractivity contribution in [2.45, 2.75) is 20.5 Å². The molecule has 0 spiro atoms. The molecule has 2 amide bonds. The average molecular weight is 552 g/mol. The molecule has 1 aliphatic heterocycles. The standard InChI is InChI=1S/C24H23BrFNO6S/c1-14(2)12-32-21(28)11-27-23(29)20(34-24(27)30)10-16-8-18(25)22(19(9-16)31-3)33-13-15-5-4-6-17(26)7-15/h4-10,14H,11-13H2,1-3H3/b20-10+. The van der Waals surface area contributed by atoms with Crippen molar-refractivity contribution in [1.82, 2.24) is 4.90 Å². The molecule has 0 aromatic heterocycles. The van der Waals surface area contributed by atoms with E-state index in [0.717, 1.165) is 16.7 Å². The first kappa shape index (κ1) is 25.8. The van der Waals surface area contributed by atoms with Gasteiger partial charge in [-0.05, 0) is 75.1 Å². The molecule has 2 aromatic rings. The maximum absolute atomic E-state index is 13.4. The number of benzene rings is 2. The third-order valence-electron chi connectivity index (χ3n) is 4.56. The van der Waals surface area contributed by atoms with Crippen LogP contribution in [0.4, 0.5) is 9.18 Å². The average Bonchev–Trinajstić information content (AvgIpc) is 3.04. The highest BCUT2D eigenvalue weighted by molar-refractivity contribution is 9.10. The van der Waals surface area contributed by atoms with Crippen molar-refractivity contribution < 1.29 is 33.0 Å². The molecule has 0 unspecified atom stereocenters. The number of rotatable bonds is 9. The van der Waals surface area contributed by atoms with Crippen molar-refractivity contribution in [1.29, 1.82) is 0 Å². The molecule has 0 bridgehead atoms. The molecular weight excluding hydrogens is 529 g/mol. The summed E-state index contributed by atoms with van der Waals surface area (Å²) < 4.78 is 30.3. The van der Waals surface area contributed by atoms with Gasteiger partial charge >= 0.3 is 5.97 Å². The van der Waals surface area contributed by atoms with E-state index in [4.69, 9.17) is 14.2 Å². The Hall–Kier alpha value is -2.85. The number of halogens is 2. The van der Waals surface area contributed by atoms with Crippen LogP contribution in [0.1, 0.15) is 25.0 Å². The second-order valence-electron chi connectivity index (χ2n) is 7.80. The monoisotopic (exact) mass is 551 g/mol. The largest absolute Gasteiger partial charge is 0.493 e. The van der Waals surface area contributed by atoms with Gasteiger partial charge in [0, 0.05) is 0 Å². The van der Waals surface area contributed by atoms with Crippen molar-refractivity contribution in [3.8, 4) is 11.5 Å². The third kappa shape index (κ3) is 6.60. The van der Waals surface area contributed by atoms with E-state index >= 15 is 0 Å². The van der Waals surface area contributed by atoms with Crippen LogP contribution in [0.3, 0.4) is 0 Å². The zero-order valence-corrected chi connectivity index (χ0v) is 21.2. The van der Waals surface area contributed by atoms with Gasteiger partial charge in [-0.1, -0.05) is 26.0 Å². The molecule has 1 aliphatic rings. The summed E-state index contributed by atoms with van der Waals surface area (Å²) in [5, 5.41) is -0.543. The van der Waals surface area contributed by atoms with E-state index in [2.05, 4.69) is 15.9 Å². The normalized spacial score (nSPS) is 14.8. The van der Waals surface area contributed by atoms with Gasteiger partial charge in [0.1, 0.15) is 19.0 Å². The van der Waals surface area contributed by atoms with E-state index in [1.807, 2.05) is 13.8 Å². The van der Waals surface area contributed by atoms with Crippen LogP contribution in [0.15, 0.2) is 45.8 Å². The molecule has 1 saturated heterocycles. The number of thioether (sulfide) groups is 1.